The van der Waals surface area contributed by atoms with E-state index in [9.17, 15) is 4.79 Å². The molecule has 5 heteroatoms. The number of hydrogen-bond donors (Lipinski definition) is 0. The van der Waals surface area contributed by atoms with Gasteiger partial charge < -0.3 is 4.74 Å². The van der Waals surface area contributed by atoms with Crippen molar-refractivity contribution in [2.24, 2.45) is 0 Å². The van der Waals surface area contributed by atoms with Crippen LogP contribution in [0.25, 0.3) is 0 Å². The molecule has 0 amide bonds. The van der Waals surface area contributed by atoms with E-state index in [-0.39, 0.29) is 0 Å². The van der Waals surface area contributed by atoms with Gasteiger partial charge in [0, 0.05) is 9.80 Å². The number of halogens is 2. The van der Waals surface area contributed by atoms with Crippen molar-refractivity contribution in [3.8, 4) is 6.07 Å². The summed E-state index contributed by atoms with van der Waals surface area (Å²) in [6, 6.07) is 5.26. The minimum Gasteiger partial charge on any atom is -0.462 e. The maximum absolute atomic E-state index is 11.5. The van der Waals surface area contributed by atoms with Gasteiger partial charge in [0.1, 0.15) is 0 Å². The van der Waals surface area contributed by atoms with Crippen LogP contribution in [0.1, 0.15) is 28.4 Å². The molecule has 0 saturated carbocycles. The zero-order valence-electron chi connectivity index (χ0n) is 8.59. The molecule has 0 aliphatic carbocycles. The lowest BCUT2D eigenvalue weighted by molar-refractivity contribution is 0.0526. The average Bonchev–Trinajstić information content (AvgIpc) is 2.28. The van der Waals surface area contributed by atoms with Crippen molar-refractivity contribution in [3.63, 3.8) is 0 Å². The van der Waals surface area contributed by atoms with Crippen LogP contribution in [0.15, 0.2) is 16.6 Å². The van der Waals surface area contributed by atoms with Crippen LogP contribution in [-0.4, -0.2) is 12.6 Å². The van der Waals surface area contributed by atoms with Gasteiger partial charge >= 0.3 is 5.97 Å². The number of hydrogen-bond acceptors (Lipinski definition) is 3. The molecule has 84 valence electrons. The Kier molecular flexibility index (Phi) is 4.97. The Morgan fingerprint density at radius 1 is 1.56 bits per heavy atom. The topological polar surface area (TPSA) is 50.1 Å². The van der Waals surface area contributed by atoms with E-state index in [1.165, 1.54) is 0 Å². The first-order chi connectivity index (χ1) is 7.63. The third-order valence-corrected chi connectivity index (χ3v) is 3.23. The predicted molar refractivity (Wildman–Crippen MR) is 67.4 cm³/mol. The number of carbonyl (C=O) groups excluding carboxylic acids is 1. The molecule has 0 radical (unpaired) electrons. The Morgan fingerprint density at radius 3 is 2.75 bits per heavy atom. The van der Waals surface area contributed by atoms with Gasteiger partial charge in [-0.2, -0.15) is 5.26 Å². The molecule has 3 nitrogen and oxygen atoms in total. The monoisotopic (exact) mass is 345 g/mol. The molecule has 0 aliphatic heterocycles. The fourth-order valence-corrected chi connectivity index (χ4v) is 2.79. The van der Waals surface area contributed by atoms with Gasteiger partial charge in [-0.05, 0) is 24.6 Å². The molecule has 0 saturated heterocycles. The van der Waals surface area contributed by atoms with Gasteiger partial charge in [0.25, 0.3) is 0 Å². The van der Waals surface area contributed by atoms with Crippen molar-refractivity contribution in [2.75, 3.05) is 6.61 Å². The summed E-state index contributed by atoms with van der Waals surface area (Å²) < 4.78 is 5.60. The molecule has 16 heavy (non-hydrogen) atoms. The molecule has 0 spiro atoms. The first kappa shape index (κ1) is 13.2. The Bertz CT molecular complexity index is 452. The molecule has 0 unspecified atom stereocenters. The van der Waals surface area contributed by atoms with Crippen LogP contribution >= 0.6 is 31.9 Å². The highest BCUT2D eigenvalue weighted by atomic mass is 79.9. The van der Waals surface area contributed by atoms with Gasteiger partial charge in [0.15, 0.2) is 0 Å². The summed E-state index contributed by atoms with van der Waals surface area (Å²) in [7, 11) is 0. The van der Waals surface area contributed by atoms with Crippen LogP contribution in [-0.2, 0) is 10.1 Å². The van der Waals surface area contributed by atoms with E-state index >= 15 is 0 Å². The van der Waals surface area contributed by atoms with Crippen molar-refractivity contribution in [2.45, 2.75) is 12.3 Å². The van der Waals surface area contributed by atoms with Gasteiger partial charge in [0.05, 0.1) is 23.8 Å². The fraction of sp³-hybridized carbons (Fsp3) is 0.273. The normalized spacial score (nSPS) is 9.62. The quantitative estimate of drug-likeness (QED) is 0.622. The molecule has 1 rings (SSSR count). The summed E-state index contributed by atoms with van der Waals surface area (Å²) in [5, 5.41) is 9.52. The maximum atomic E-state index is 11.5. The van der Waals surface area contributed by atoms with Crippen LogP contribution < -0.4 is 0 Å². The van der Waals surface area contributed by atoms with Crippen molar-refractivity contribution in [1.29, 1.82) is 5.26 Å². The van der Waals surface area contributed by atoms with Gasteiger partial charge in [-0.3, -0.25) is 0 Å². The summed E-state index contributed by atoms with van der Waals surface area (Å²) in [6.45, 7) is 2.06. The summed E-state index contributed by atoms with van der Waals surface area (Å²) >= 11 is 6.62. The number of carbonyl (C=O) groups is 1. The lowest BCUT2D eigenvalue weighted by Gasteiger charge is -2.07. The van der Waals surface area contributed by atoms with Crippen LogP contribution in [0.3, 0.4) is 0 Å². The Balaban J connectivity index is 3.21. The lowest BCUT2D eigenvalue weighted by atomic mass is 10.1. The van der Waals surface area contributed by atoms with Crippen molar-refractivity contribution >= 4 is 37.8 Å². The van der Waals surface area contributed by atoms with E-state index in [2.05, 4.69) is 37.9 Å². The number of nitriles is 1. The highest BCUT2D eigenvalue weighted by Crippen LogP contribution is 2.25. The third-order valence-electron chi connectivity index (χ3n) is 1.96. The van der Waals surface area contributed by atoms with Crippen LogP contribution in [0, 0.1) is 11.3 Å². The lowest BCUT2D eigenvalue weighted by Crippen LogP contribution is -2.06. The molecule has 0 heterocycles. The van der Waals surface area contributed by atoms with Crippen LogP contribution in [0.2, 0.25) is 0 Å². The van der Waals surface area contributed by atoms with Crippen molar-refractivity contribution in [3.05, 3.63) is 33.3 Å². The SMILES string of the molecule is CCOC(=O)c1cc(Br)c(CBr)c(C#N)c1. The number of ether oxygens (including phenoxy) is 1. The molecule has 0 N–H and O–H groups in total. The molecular formula is C11H9Br2NO2. The predicted octanol–water partition coefficient (Wildman–Crippen LogP) is 3.39. The maximum Gasteiger partial charge on any atom is 0.338 e. The molecule has 0 aromatic heterocycles. The first-order valence-corrected chi connectivity index (χ1v) is 6.51. The molecular weight excluding hydrogens is 338 g/mol. The van der Waals surface area contributed by atoms with Gasteiger partial charge in [0.2, 0.25) is 0 Å². The minimum absolute atomic E-state index is 0.318. The van der Waals surface area contributed by atoms with E-state index < -0.39 is 5.97 Å². The summed E-state index contributed by atoms with van der Waals surface area (Å²) in [4.78, 5) is 11.5. The van der Waals surface area contributed by atoms with E-state index in [0.29, 0.717) is 23.1 Å². The number of rotatable bonds is 3. The Labute approximate surface area is 111 Å². The number of nitrogens with zero attached hydrogens (tertiary/aromatic N) is 1. The first-order valence-electron chi connectivity index (χ1n) is 4.59. The molecule has 0 bridgehead atoms. The van der Waals surface area contributed by atoms with Crippen LogP contribution in [0.5, 0.6) is 0 Å². The van der Waals surface area contributed by atoms with Crippen molar-refractivity contribution in [1.82, 2.24) is 0 Å². The number of esters is 1. The highest BCUT2D eigenvalue weighted by Gasteiger charge is 2.13. The summed E-state index contributed by atoms with van der Waals surface area (Å²) in [6.07, 6.45) is 0. The molecule has 0 atom stereocenters. The van der Waals surface area contributed by atoms with E-state index in [1.54, 1.807) is 19.1 Å². The van der Waals surface area contributed by atoms with Gasteiger partial charge in [-0.25, -0.2) is 4.79 Å². The van der Waals surface area contributed by atoms with E-state index in [0.717, 1.165) is 10.0 Å². The Morgan fingerprint density at radius 2 is 2.25 bits per heavy atom. The second kappa shape index (κ2) is 6.02. The largest absolute Gasteiger partial charge is 0.462 e. The van der Waals surface area contributed by atoms with Crippen molar-refractivity contribution < 1.29 is 9.53 Å². The zero-order valence-corrected chi connectivity index (χ0v) is 11.8. The zero-order chi connectivity index (χ0) is 12.1. The molecule has 0 fully saturated rings. The average molecular weight is 347 g/mol. The standard InChI is InChI=1S/C11H9Br2NO2/c1-2-16-11(15)7-3-8(6-14)9(5-12)10(13)4-7/h3-4H,2,5H2,1H3. The highest BCUT2D eigenvalue weighted by molar-refractivity contribution is 9.10. The van der Waals surface area contributed by atoms with E-state index in [4.69, 9.17) is 10.00 Å². The van der Waals surface area contributed by atoms with Gasteiger partial charge in [-0.1, -0.05) is 31.9 Å². The van der Waals surface area contributed by atoms with Crippen LogP contribution in [0.4, 0.5) is 0 Å². The number of alkyl halides is 1. The summed E-state index contributed by atoms with van der Waals surface area (Å²) in [5.74, 6) is -0.416. The van der Waals surface area contributed by atoms with Gasteiger partial charge in [-0.15, -0.1) is 0 Å². The fourth-order valence-electron chi connectivity index (χ4n) is 1.20. The molecule has 0 aliphatic rings. The second-order valence-electron chi connectivity index (χ2n) is 2.95. The second-order valence-corrected chi connectivity index (χ2v) is 4.37. The summed E-state index contributed by atoms with van der Waals surface area (Å²) in [5.41, 5.74) is 1.68. The minimum atomic E-state index is -0.416. The smallest absolute Gasteiger partial charge is 0.338 e. The molecule has 1 aromatic rings. The number of benzene rings is 1. The Hall–Kier alpha value is -0.860. The third kappa shape index (κ3) is 2.83. The molecule has 1 aromatic carbocycles. The van der Waals surface area contributed by atoms with E-state index in [1.807, 2.05) is 0 Å².